The van der Waals surface area contributed by atoms with E-state index < -0.39 is 0 Å². The third-order valence-corrected chi connectivity index (χ3v) is 3.50. The number of para-hydroxylation sites is 1. The summed E-state index contributed by atoms with van der Waals surface area (Å²) in [4.78, 5) is 1.94. The molecule has 0 saturated carbocycles. The van der Waals surface area contributed by atoms with Crippen LogP contribution in [-0.4, -0.2) is 13.6 Å². The van der Waals surface area contributed by atoms with Crippen LogP contribution in [0.5, 0.6) is 0 Å². The van der Waals surface area contributed by atoms with Crippen molar-refractivity contribution in [2.75, 3.05) is 18.5 Å². The molecule has 2 rings (SSSR count). The molecule has 0 aliphatic heterocycles. The molecule has 1 unspecified atom stereocenters. The summed E-state index contributed by atoms with van der Waals surface area (Å²) in [6, 6.07) is 17.0. The Hall–Kier alpha value is -1.87. The van der Waals surface area contributed by atoms with Gasteiger partial charge in [0, 0.05) is 19.6 Å². The molecule has 106 valence electrons. The lowest BCUT2D eigenvalue weighted by Gasteiger charge is -2.21. The van der Waals surface area contributed by atoms with Gasteiger partial charge in [-0.3, -0.25) is 0 Å². The van der Waals surface area contributed by atoms with Crippen LogP contribution in [0.4, 0.5) is 10.1 Å². The summed E-state index contributed by atoms with van der Waals surface area (Å²) in [6.07, 6.45) is 1.82. The van der Waals surface area contributed by atoms with Crippen molar-refractivity contribution < 1.29 is 4.39 Å². The summed E-state index contributed by atoms with van der Waals surface area (Å²) in [5.74, 6) is -0.178. The summed E-state index contributed by atoms with van der Waals surface area (Å²) >= 11 is 0. The van der Waals surface area contributed by atoms with Gasteiger partial charge in [-0.2, -0.15) is 0 Å². The van der Waals surface area contributed by atoms with Crippen LogP contribution in [0, 0.1) is 5.82 Å². The van der Waals surface area contributed by atoms with Gasteiger partial charge in [-0.25, -0.2) is 4.39 Å². The third kappa shape index (κ3) is 3.81. The number of halogens is 1. The van der Waals surface area contributed by atoms with E-state index in [1.54, 1.807) is 12.1 Å². The van der Waals surface area contributed by atoms with E-state index in [0.717, 1.165) is 24.9 Å². The Morgan fingerprint density at radius 1 is 1.05 bits per heavy atom. The highest BCUT2D eigenvalue weighted by atomic mass is 19.1. The molecular weight excluding hydrogens is 251 g/mol. The molecule has 0 heterocycles. The van der Waals surface area contributed by atoms with Crippen molar-refractivity contribution in [3.05, 3.63) is 66.0 Å². The van der Waals surface area contributed by atoms with Gasteiger partial charge >= 0.3 is 0 Å². The lowest BCUT2D eigenvalue weighted by Crippen LogP contribution is -2.21. The quantitative estimate of drug-likeness (QED) is 0.868. The molecular formula is C17H21FN2. The monoisotopic (exact) mass is 272 g/mol. The maximum Gasteiger partial charge on any atom is 0.146 e. The van der Waals surface area contributed by atoms with Crippen LogP contribution in [0.15, 0.2) is 54.6 Å². The number of benzene rings is 2. The molecule has 0 radical (unpaired) electrons. The van der Waals surface area contributed by atoms with Crippen LogP contribution < -0.4 is 10.6 Å². The lowest BCUT2D eigenvalue weighted by molar-refractivity contribution is 0.595. The zero-order valence-corrected chi connectivity index (χ0v) is 11.8. The Labute approximate surface area is 120 Å². The van der Waals surface area contributed by atoms with Crippen LogP contribution >= 0.6 is 0 Å². The van der Waals surface area contributed by atoms with Crippen molar-refractivity contribution in [3.8, 4) is 0 Å². The van der Waals surface area contributed by atoms with E-state index >= 15 is 0 Å². The fourth-order valence-corrected chi connectivity index (χ4v) is 2.30. The first-order chi connectivity index (χ1) is 9.68. The molecule has 2 N–H and O–H groups in total. The number of hydrogen-bond donors (Lipinski definition) is 1. The second-order valence-corrected chi connectivity index (χ2v) is 5.03. The highest BCUT2D eigenvalue weighted by Crippen LogP contribution is 2.19. The molecule has 0 saturated heterocycles. The fourth-order valence-electron chi connectivity index (χ4n) is 2.30. The Morgan fingerprint density at radius 3 is 2.40 bits per heavy atom. The molecule has 0 aromatic heterocycles. The normalized spacial score (nSPS) is 12.2. The topological polar surface area (TPSA) is 29.3 Å². The first-order valence-corrected chi connectivity index (χ1v) is 6.94. The summed E-state index contributed by atoms with van der Waals surface area (Å²) in [5, 5.41) is 0. The van der Waals surface area contributed by atoms with Gasteiger partial charge in [0.15, 0.2) is 0 Å². The zero-order valence-electron chi connectivity index (χ0n) is 11.8. The SMILES string of the molecule is CN(CCCC(N)c1ccccc1)c1ccccc1F. The van der Waals surface area contributed by atoms with E-state index in [1.807, 2.05) is 48.3 Å². The van der Waals surface area contributed by atoms with Crippen LogP contribution in [-0.2, 0) is 0 Å². The van der Waals surface area contributed by atoms with E-state index in [4.69, 9.17) is 5.73 Å². The second-order valence-electron chi connectivity index (χ2n) is 5.03. The van der Waals surface area contributed by atoms with Gasteiger partial charge in [-0.1, -0.05) is 42.5 Å². The van der Waals surface area contributed by atoms with Crippen LogP contribution in [0.1, 0.15) is 24.4 Å². The summed E-state index contributed by atoms with van der Waals surface area (Å²) in [5.41, 5.74) is 7.95. The summed E-state index contributed by atoms with van der Waals surface area (Å²) < 4.78 is 13.6. The molecule has 20 heavy (non-hydrogen) atoms. The molecule has 2 aromatic rings. The van der Waals surface area contributed by atoms with Gasteiger partial charge in [0.2, 0.25) is 0 Å². The van der Waals surface area contributed by atoms with Crippen molar-refractivity contribution in [2.45, 2.75) is 18.9 Å². The van der Waals surface area contributed by atoms with Gasteiger partial charge in [-0.15, -0.1) is 0 Å². The Balaban J connectivity index is 1.83. The number of nitrogens with two attached hydrogens (primary N) is 1. The molecule has 2 nitrogen and oxygen atoms in total. The van der Waals surface area contributed by atoms with Crippen LogP contribution in [0.3, 0.4) is 0 Å². The molecule has 3 heteroatoms. The van der Waals surface area contributed by atoms with Crippen molar-refractivity contribution in [2.24, 2.45) is 5.73 Å². The Bertz CT molecular complexity index is 528. The molecule has 0 fully saturated rings. The van der Waals surface area contributed by atoms with Gasteiger partial charge in [0.05, 0.1) is 5.69 Å². The Morgan fingerprint density at radius 2 is 1.70 bits per heavy atom. The van der Waals surface area contributed by atoms with Crippen molar-refractivity contribution >= 4 is 5.69 Å². The fraction of sp³-hybridized carbons (Fsp3) is 0.294. The molecule has 2 aromatic carbocycles. The molecule has 1 atom stereocenters. The van der Waals surface area contributed by atoms with Crippen molar-refractivity contribution in [1.82, 2.24) is 0 Å². The zero-order chi connectivity index (χ0) is 14.4. The second kappa shape index (κ2) is 7.06. The minimum absolute atomic E-state index is 0.0465. The number of hydrogen-bond acceptors (Lipinski definition) is 2. The summed E-state index contributed by atoms with van der Waals surface area (Å²) in [6.45, 7) is 0.793. The van der Waals surface area contributed by atoms with E-state index in [0.29, 0.717) is 5.69 Å². The molecule has 0 aliphatic rings. The molecule has 0 amide bonds. The average Bonchev–Trinajstić information content (AvgIpc) is 2.48. The van der Waals surface area contributed by atoms with Crippen LogP contribution in [0.2, 0.25) is 0 Å². The minimum atomic E-state index is -0.178. The number of rotatable bonds is 6. The van der Waals surface area contributed by atoms with E-state index in [9.17, 15) is 4.39 Å². The highest BCUT2D eigenvalue weighted by molar-refractivity contribution is 5.46. The van der Waals surface area contributed by atoms with Gasteiger partial charge in [0.1, 0.15) is 5.82 Å². The van der Waals surface area contributed by atoms with Crippen molar-refractivity contribution in [3.63, 3.8) is 0 Å². The predicted molar refractivity (Wildman–Crippen MR) is 82.3 cm³/mol. The lowest BCUT2D eigenvalue weighted by atomic mass is 10.0. The van der Waals surface area contributed by atoms with Gasteiger partial charge in [0.25, 0.3) is 0 Å². The van der Waals surface area contributed by atoms with E-state index in [-0.39, 0.29) is 11.9 Å². The molecule has 0 aliphatic carbocycles. The average molecular weight is 272 g/mol. The number of nitrogens with zero attached hydrogens (tertiary/aromatic N) is 1. The smallest absolute Gasteiger partial charge is 0.146 e. The standard InChI is InChI=1S/C17H21FN2/c1-20(17-12-6-5-10-15(17)18)13-7-11-16(19)14-8-3-2-4-9-14/h2-6,8-10,12,16H,7,11,13,19H2,1H3. The van der Waals surface area contributed by atoms with E-state index in [2.05, 4.69) is 0 Å². The highest BCUT2D eigenvalue weighted by Gasteiger charge is 2.08. The van der Waals surface area contributed by atoms with Crippen LogP contribution in [0.25, 0.3) is 0 Å². The largest absolute Gasteiger partial charge is 0.372 e. The third-order valence-electron chi connectivity index (χ3n) is 3.50. The minimum Gasteiger partial charge on any atom is -0.372 e. The molecule has 0 bridgehead atoms. The van der Waals surface area contributed by atoms with Gasteiger partial charge in [-0.05, 0) is 30.5 Å². The van der Waals surface area contributed by atoms with Crippen molar-refractivity contribution in [1.29, 1.82) is 0 Å². The maximum atomic E-state index is 13.6. The summed E-state index contributed by atoms with van der Waals surface area (Å²) in [7, 11) is 1.91. The first kappa shape index (κ1) is 14.5. The first-order valence-electron chi connectivity index (χ1n) is 6.94. The maximum absolute atomic E-state index is 13.6. The molecule has 0 spiro atoms. The van der Waals surface area contributed by atoms with Gasteiger partial charge < -0.3 is 10.6 Å². The predicted octanol–water partition coefficient (Wildman–Crippen LogP) is 3.74. The Kier molecular flexibility index (Phi) is 5.13. The number of anilines is 1. The van der Waals surface area contributed by atoms with E-state index in [1.165, 1.54) is 6.07 Å².